The topological polar surface area (TPSA) is 17.1 Å². The predicted octanol–water partition coefficient (Wildman–Crippen LogP) is 3.98. The summed E-state index contributed by atoms with van der Waals surface area (Å²) in [6, 6.07) is 1.50. The standard InChI is InChI=1S/C12H5F5OS/c1-4-2-3-19-12(4)11(18)5-6(13)8(15)10(17)9(16)7(5)14/h2-3H,1H3. The van der Waals surface area contributed by atoms with Gasteiger partial charge < -0.3 is 0 Å². The fourth-order valence-corrected chi connectivity index (χ4v) is 2.39. The highest BCUT2D eigenvalue weighted by Gasteiger charge is 2.31. The van der Waals surface area contributed by atoms with Crippen LogP contribution in [0.25, 0.3) is 0 Å². The molecule has 0 saturated heterocycles. The third kappa shape index (κ3) is 2.03. The molecule has 0 atom stereocenters. The normalized spacial score (nSPS) is 10.8. The summed E-state index contributed by atoms with van der Waals surface area (Å²) in [6.45, 7) is 1.50. The van der Waals surface area contributed by atoms with Crippen molar-refractivity contribution in [3.8, 4) is 0 Å². The molecular formula is C12H5F5OS. The molecular weight excluding hydrogens is 287 g/mol. The lowest BCUT2D eigenvalue weighted by molar-refractivity contribution is 0.103. The molecule has 2 rings (SSSR count). The van der Waals surface area contributed by atoms with Crippen LogP contribution in [0.3, 0.4) is 0 Å². The number of thiophene rings is 1. The van der Waals surface area contributed by atoms with Crippen molar-refractivity contribution in [3.63, 3.8) is 0 Å². The average molecular weight is 292 g/mol. The quantitative estimate of drug-likeness (QED) is 0.354. The molecule has 100 valence electrons. The Morgan fingerprint density at radius 2 is 1.42 bits per heavy atom. The minimum atomic E-state index is -2.28. The summed E-state index contributed by atoms with van der Waals surface area (Å²) in [5, 5.41) is 1.48. The van der Waals surface area contributed by atoms with E-state index in [9.17, 15) is 26.7 Å². The van der Waals surface area contributed by atoms with Crippen molar-refractivity contribution in [2.24, 2.45) is 0 Å². The number of hydrogen-bond donors (Lipinski definition) is 0. The SMILES string of the molecule is Cc1ccsc1C(=O)c1c(F)c(F)c(F)c(F)c1F. The van der Waals surface area contributed by atoms with Gasteiger partial charge in [0.2, 0.25) is 11.6 Å². The summed E-state index contributed by atoms with van der Waals surface area (Å²) >= 11 is 0.864. The summed E-state index contributed by atoms with van der Waals surface area (Å²) in [7, 11) is 0. The highest BCUT2D eigenvalue weighted by atomic mass is 32.1. The Bertz CT molecular complexity index is 648. The summed E-state index contributed by atoms with van der Waals surface area (Å²) in [5.74, 6) is -12.0. The van der Waals surface area contributed by atoms with E-state index < -0.39 is 40.4 Å². The summed E-state index contributed by atoms with van der Waals surface area (Å²) in [4.78, 5) is 11.8. The first-order valence-corrected chi connectivity index (χ1v) is 5.84. The van der Waals surface area contributed by atoms with Gasteiger partial charge in [0.25, 0.3) is 0 Å². The van der Waals surface area contributed by atoms with Gasteiger partial charge in [-0.15, -0.1) is 11.3 Å². The molecule has 0 aliphatic rings. The van der Waals surface area contributed by atoms with Crippen molar-refractivity contribution >= 4 is 17.1 Å². The molecule has 0 bridgehead atoms. The van der Waals surface area contributed by atoms with Gasteiger partial charge >= 0.3 is 0 Å². The van der Waals surface area contributed by atoms with Crippen LogP contribution in [0.2, 0.25) is 0 Å². The molecule has 19 heavy (non-hydrogen) atoms. The van der Waals surface area contributed by atoms with Crippen molar-refractivity contribution in [3.05, 3.63) is 56.5 Å². The van der Waals surface area contributed by atoms with E-state index in [2.05, 4.69) is 0 Å². The van der Waals surface area contributed by atoms with Crippen molar-refractivity contribution in [1.29, 1.82) is 0 Å². The first-order valence-electron chi connectivity index (χ1n) is 4.96. The Kier molecular flexibility index (Phi) is 3.40. The smallest absolute Gasteiger partial charge is 0.209 e. The molecule has 0 aliphatic heterocycles. The third-order valence-electron chi connectivity index (χ3n) is 2.51. The fourth-order valence-electron chi connectivity index (χ4n) is 1.52. The maximum Gasteiger partial charge on any atom is 0.209 e. The van der Waals surface area contributed by atoms with E-state index in [0.717, 1.165) is 11.3 Å². The zero-order valence-electron chi connectivity index (χ0n) is 9.36. The van der Waals surface area contributed by atoms with E-state index in [4.69, 9.17) is 0 Å². The molecule has 0 saturated carbocycles. The minimum absolute atomic E-state index is 0.0665. The van der Waals surface area contributed by atoms with Crippen LogP contribution in [0, 0.1) is 36.0 Å². The van der Waals surface area contributed by atoms with Gasteiger partial charge in [0.15, 0.2) is 23.3 Å². The molecule has 0 radical (unpaired) electrons. The maximum atomic E-state index is 13.4. The van der Waals surface area contributed by atoms with Gasteiger partial charge in [0.1, 0.15) is 5.56 Å². The number of carbonyl (C=O) groups excluding carboxylic acids is 1. The summed E-state index contributed by atoms with van der Waals surface area (Å²) in [6.07, 6.45) is 0. The summed E-state index contributed by atoms with van der Waals surface area (Å²) in [5.41, 5.74) is -1.03. The molecule has 0 fully saturated rings. The maximum absolute atomic E-state index is 13.4. The van der Waals surface area contributed by atoms with E-state index in [-0.39, 0.29) is 4.88 Å². The monoisotopic (exact) mass is 292 g/mol. The average Bonchev–Trinajstić information content (AvgIpc) is 2.80. The molecule has 0 unspecified atom stereocenters. The van der Waals surface area contributed by atoms with Gasteiger partial charge in [-0.2, -0.15) is 0 Å². The van der Waals surface area contributed by atoms with Crippen molar-refractivity contribution < 1.29 is 26.7 Å². The van der Waals surface area contributed by atoms with Gasteiger partial charge in [0.05, 0.1) is 4.88 Å². The highest BCUT2D eigenvalue weighted by molar-refractivity contribution is 7.12. The Hall–Kier alpha value is -1.76. The highest BCUT2D eigenvalue weighted by Crippen LogP contribution is 2.27. The number of aryl methyl sites for hydroxylation is 1. The van der Waals surface area contributed by atoms with Gasteiger partial charge in [-0.3, -0.25) is 4.79 Å². The minimum Gasteiger partial charge on any atom is -0.287 e. The molecule has 0 spiro atoms. The Morgan fingerprint density at radius 1 is 0.947 bits per heavy atom. The van der Waals surface area contributed by atoms with Crippen molar-refractivity contribution in [2.75, 3.05) is 0 Å². The van der Waals surface area contributed by atoms with Crippen molar-refractivity contribution in [2.45, 2.75) is 6.92 Å². The van der Waals surface area contributed by atoms with E-state index >= 15 is 0 Å². The Balaban J connectivity index is 2.71. The molecule has 0 N–H and O–H groups in total. The molecule has 2 aromatic rings. The van der Waals surface area contributed by atoms with Crippen LogP contribution < -0.4 is 0 Å². The largest absolute Gasteiger partial charge is 0.287 e. The lowest BCUT2D eigenvalue weighted by Gasteiger charge is -2.06. The van der Waals surface area contributed by atoms with Crippen LogP contribution in [0.5, 0.6) is 0 Å². The van der Waals surface area contributed by atoms with E-state index in [1.807, 2.05) is 0 Å². The molecule has 0 amide bonds. The van der Waals surface area contributed by atoms with Crippen molar-refractivity contribution in [1.82, 2.24) is 0 Å². The second-order valence-corrected chi connectivity index (χ2v) is 4.62. The predicted molar refractivity (Wildman–Crippen MR) is 58.7 cm³/mol. The van der Waals surface area contributed by atoms with E-state index in [0.29, 0.717) is 5.56 Å². The summed E-state index contributed by atoms with van der Waals surface area (Å²) < 4.78 is 65.7. The first kappa shape index (κ1) is 13.7. The lowest BCUT2D eigenvalue weighted by atomic mass is 10.1. The van der Waals surface area contributed by atoms with E-state index in [1.165, 1.54) is 18.4 Å². The van der Waals surface area contributed by atoms with Gasteiger partial charge in [-0.1, -0.05) is 0 Å². The number of ketones is 1. The van der Waals surface area contributed by atoms with Gasteiger partial charge in [-0.05, 0) is 23.9 Å². The van der Waals surface area contributed by atoms with Crippen LogP contribution in [0.1, 0.15) is 20.8 Å². The molecule has 7 heteroatoms. The van der Waals surface area contributed by atoms with Crippen LogP contribution in [0.15, 0.2) is 11.4 Å². The molecule has 0 aliphatic carbocycles. The number of halogens is 5. The third-order valence-corrected chi connectivity index (χ3v) is 3.52. The lowest BCUT2D eigenvalue weighted by Crippen LogP contribution is -2.13. The number of hydrogen-bond acceptors (Lipinski definition) is 2. The Labute approximate surface area is 108 Å². The number of benzene rings is 1. The van der Waals surface area contributed by atoms with Gasteiger partial charge in [-0.25, -0.2) is 22.0 Å². The second-order valence-electron chi connectivity index (χ2n) is 3.71. The van der Waals surface area contributed by atoms with Crippen LogP contribution in [-0.4, -0.2) is 5.78 Å². The first-order chi connectivity index (χ1) is 8.86. The zero-order chi connectivity index (χ0) is 14.3. The Morgan fingerprint density at radius 3 is 1.84 bits per heavy atom. The number of rotatable bonds is 2. The van der Waals surface area contributed by atoms with Crippen LogP contribution in [-0.2, 0) is 0 Å². The second kappa shape index (κ2) is 4.73. The molecule has 1 aromatic carbocycles. The van der Waals surface area contributed by atoms with E-state index in [1.54, 1.807) is 0 Å². The van der Waals surface area contributed by atoms with Crippen LogP contribution in [0.4, 0.5) is 22.0 Å². The number of carbonyl (C=O) groups is 1. The fraction of sp³-hybridized carbons (Fsp3) is 0.0833. The van der Waals surface area contributed by atoms with Gasteiger partial charge in [0, 0.05) is 0 Å². The zero-order valence-corrected chi connectivity index (χ0v) is 10.2. The molecule has 1 aromatic heterocycles. The van der Waals surface area contributed by atoms with Crippen LogP contribution >= 0.6 is 11.3 Å². The molecule has 1 heterocycles. The molecule has 1 nitrogen and oxygen atoms in total.